The van der Waals surface area contributed by atoms with Gasteiger partial charge in [0, 0.05) is 66.4 Å². The molecule has 9 heteroatoms. The third-order valence-corrected chi connectivity index (χ3v) is 6.07. The Morgan fingerprint density at radius 1 is 1.35 bits per heavy atom. The largest absolute Gasteiger partial charge is 0.425 e. The van der Waals surface area contributed by atoms with E-state index in [4.69, 9.17) is 9.40 Å². The number of pyridine rings is 1. The van der Waals surface area contributed by atoms with Crippen LogP contribution in [0.25, 0.3) is 0 Å². The molecule has 0 unspecified atom stereocenters. The lowest BCUT2D eigenvalue weighted by atomic mass is 9.93. The summed E-state index contributed by atoms with van der Waals surface area (Å²) in [6.07, 6.45) is 4.64. The Bertz CT molecular complexity index is 1020. The minimum Gasteiger partial charge on any atom is -0.425 e. The molecule has 1 atom stereocenters. The molecule has 1 aliphatic heterocycles. The number of thiazole rings is 1. The number of nitrogens with zero attached hydrogens (tertiary/aromatic N) is 5. The van der Waals surface area contributed by atoms with E-state index in [1.165, 1.54) is 0 Å². The Labute approximate surface area is 186 Å². The van der Waals surface area contributed by atoms with Gasteiger partial charge in [0.05, 0.1) is 0 Å². The molecule has 1 aliphatic rings. The van der Waals surface area contributed by atoms with Crippen molar-refractivity contribution >= 4 is 28.1 Å². The van der Waals surface area contributed by atoms with Crippen molar-refractivity contribution in [2.75, 3.05) is 18.4 Å². The Morgan fingerprint density at radius 2 is 2.23 bits per heavy atom. The van der Waals surface area contributed by atoms with Crippen LogP contribution in [0.4, 0.5) is 10.8 Å². The van der Waals surface area contributed by atoms with Gasteiger partial charge in [-0.05, 0) is 31.9 Å². The maximum Gasteiger partial charge on any atom is 0.223 e. The summed E-state index contributed by atoms with van der Waals surface area (Å²) in [5.41, 5.74) is 2.96. The standard InChI is InChI=1S/C22H28N6O2S/c1-14(2)21-27-26-19(30-21)6-7-20(29)28-9-4-5-16(13-28)18-12-17(11-15(3)24-18)25-22-23-8-10-31-22/h8,10-12,14,16H,4-7,9,13H2,1-3H3,(H,23,24,25)/t16-/m0/s1. The molecule has 1 saturated heterocycles. The van der Waals surface area contributed by atoms with Gasteiger partial charge in [-0.3, -0.25) is 9.78 Å². The third-order valence-electron chi connectivity index (χ3n) is 5.38. The fraction of sp³-hybridized carbons (Fsp3) is 0.500. The number of piperidine rings is 1. The molecule has 4 heterocycles. The molecule has 0 bridgehead atoms. The van der Waals surface area contributed by atoms with Gasteiger partial charge in [-0.1, -0.05) is 13.8 Å². The van der Waals surface area contributed by atoms with Gasteiger partial charge in [-0.2, -0.15) is 0 Å². The van der Waals surface area contributed by atoms with Crippen LogP contribution >= 0.6 is 11.3 Å². The Morgan fingerprint density at radius 3 is 2.97 bits per heavy atom. The van der Waals surface area contributed by atoms with Crippen LogP contribution in [0.1, 0.15) is 68.1 Å². The Kier molecular flexibility index (Phi) is 6.60. The summed E-state index contributed by atoms with van der Waals surface area (Å²) in [6.45, 7) is 7.48. The lowest BCUT2D eigenvalue weighted by Crippen LogP contribution is -2.39. The summed E-state index contributed by atoms with van der Waals surface area (Å²) in [5.74, 6) is 1.70. The molecular formula is C22H28N6O2S. The van der Waals surface area contributed by atoms with Crippen molar-refractivity contribution in [2.24, 2.45) is 0 Å². The SMILES string of the molecule is Cc1cc(Nc2nccs2)cc([C@H]2CCCN(C(=O)CCc3nnc(C(C)C)o3)C2)n1. The molecule has 1 amide bonds. The van der Waals surface area contributed by atoms with E-state index in [0.717, 1.165) is 41.6 Å². The molecular weight excluding hydrogens is 412 g/mol. The predicted octanol–water partition coefficient (Wildman–Crippen LogP) is 4.44. The van der Waals surface area contributed by atoms with Gasteiger partial charge >= 0.3 is 0 Å². The number of amides is 1. The summed E-state index contributed by atoms with van der Waals surface area (Å²) in [6, 6.07) is 4.10. The number of aryl methyl sites for hydroxylation is 2. The van der Waals surface area contributed by atoms with Crippen molar-refractivity contribution in [3.63, 3.8) is 0 Å². The lowest BCUT2D eigenvalue weighted by Gasteiger charge is -2.32. The highest BCUT2D eigenvalue weighted by molar-refractivity contribution is 7.13. The topological polar surface area (TPSA) is 97.0 Å². The van der Waals surface area contributed by atoms with Crippen LogP contribution in [0.5, 0.6) is 0 Å². The molecule has 0 aliphatic carbocycles. The van der Waals surface area contributed by atoms with E-state index in [1.54, 1.807) is 17.5 Å². The van der Waals surface area contributed by atoms with Gasteiger partial charge < -0.3 is 14.6 Å². The highest BCUT2D eigenvalue weighted by Gasteiger charge is 2.26. The number of carbonyl (C=O) groups is 1. The van der Waals surface area contributed by atoms with Crippen LogP contribution in [-0.4, -0.2) is 44.1 Å². The lowest BCUT2D eigenvalue weighted by molar-refractivity contribution is -0.132. The van der Waals surface area contributed by atoms with E-state index in [2.05, 4.69) is 26.6 Å². The van der Waals surface area contributed by atoms with E-state index in [0.29, 0.717) is 31.2 Å². The maximum absolute atomic E-state index is 12.8. The average Bonchev–Trinajstić information content (AvgIpc) is 3.44. The summed E-state index contributed by atoms with van der Waals surface area (Å²) < 4.78 is 5.63. The summed E-state index contributed by atoms with van der Waals surface area (Å²) in [5, 5.41) is 14.3. The molecule has 164 valence electrons. The highest BCUT2D eigenvalue weighted by atomic mass is 32.1. The zero-order valence-electron chi connectivity index (χ0n) is 18.2. The number of likely N-dealkylation sites (tertiary alicyclic amines) is 1. The second-order valence-electron chi connectivity index (χ2n) is 8.25. The first-order valence-electron chi connectivity index (χ1n) is 10.7. The number of nitrogens with one attached hydrogen (secondary N) is 1. The first-order chi connectivity index (χ1) is 15.0. The molecule has 4 rings (SSSR count). The van der Waals surface area contributed by atoms with Crippen molar-refractivity contribution in [2.45, 2.75) is 58.3 Å². The fourth-order valence-electron chi connectivity index (χ4n) is 3.80. The summed E-state index contributed by atoms with van der Waals surface area (Å²) in [7, 11) is 0. The van der Waals surface area contributed by atoms with Crippen LogP contribution in [0.3, 0.4) is 0 Å². The van der Waals surface area contributed by atoms with Crippen LogP contribution in [0, 0.1) is 6.92 Å². The van der Waals surface area contributed by atoms with Crippen LogP contribution < -0.4 is 5.32 Å². The van der Waals surface area contributed by atoms with E-state index in [1.807, 2.05) is 37.1 Å². The smallest absolute Gasteiger partial charge is 0.223 e. The van der Waals surface area contributed by atoms with Crippen molar-refractivity contribution in [3.8, 4) is 0 Å². The Hall–Kier alpha value is -2.81. The van der Waals surface area contributed by atoms with Gasteiger partial charge in [0.15, 0.2) is 5.13 Å². The average molecular weight is 441 g/mol. The summed E-state index contributed by atoms with van der Waals surface area (Å²) >= 11 is 1.56. The minimum absolute atomic E-state index is 0.128. The van der Waals surface area contributed by atoms with Gasteiger partial charge in [0.2, 0.25) is 17.7 Å². The zero-order valence-corrected chi connectivity index (χ0v) is 19.0. The molecule has 31 heavy (non-hydrogen) atoms. The quantitative estimate of drug-likeness (QED) is 0.580. The first-order valence-corrected chi connectivity index (χ1v) is 11.6. The molecule has 1 N–H and O–H groups in total. The molecule has 3 aromatic heterocycles. The fourth-order valence-corrected chi connectivity index (χ4v) is 4.35. The molecule has 0 saturated carbocycles. The summed E-state index contributed by atoms with van der Waals surface area (Å²) in [4.78, 5) is 23.8. The first kappa shape index (κ1) is 21.4. The van der Waals surface area contributed by atoms with Crippen molar-refractivity contribution < 1.29 is 9.21 Å². The molecule has 0 aromatic carbocycles. The normalized spacial score (nSPS) is 16.6. The van der Waals surface area contributed by atoms with E-state index in [9.17, 15) is 4.79 Å². The Balaban J connectivity index is 1.38. The highest BCUT2D eigenvalue weighted by Crippen LogP contribution is 2.29. The minimum atomic E-state index is 0.128. The second kappa shape index (κ2) is 9.55. The predicted molar refractivity (Wildman–Crippen MR) is 120 cm³/mol. The van der Waals surface area contributed by atoms with Gasteiger partial charge in [-0.25, -0.2) is 4.98 Å². The molecule has 1 fully saturated rings. The molecule has 0 radical (unpaired) electrons. The van der Waals surface area contributed by atoms with E-state index >= 15 is 0 Å². The van der Waals surface area contributed by atoms with Crippen molar-refractivity contribution in [1.29, 1.82) is 0 Å². The van der Waals surface area contributed by atoms with Crippen molar-refractivity contribution in [3.05, 3.63) is 46.9 Å². The number of hydrogen-bond acceptors (Lipinski definition) is 8. The number of hydrogen-bond donors (Lipinski definition) is 1. The number of carbonyl (C=O) groups excluding carboxylic acids is 1. The van der Waals surface area contributed by atoms with Gasteiger partial charge in [-0.15, -0.1) is 21.5 Å². The third kappa shape index (κ3) is 5.46. The van der Waals surface area contributed by atoms with E-state index < -0.39 is 0 Å². The van der Waals surface area contributed by atoms with Crippen LogP contribution in [0.15, 0.2) is 28.1 Å². The van der Waals surface area contributed by atoms with Gasteiger partial charge in [0.25, 0.3) is 0 Å². The maximum atomic E-state index is 12.8. The number of aromatic nitrogens is 4. The van der Waals surface area contributed by atoms with Gasteiger partial charge in [0.1, 0.15) is 0 Å². The molecule has 0 spiro atoms. The zero-order chi connectivity index (χ0) is 21.8. The number of rotatable bonds is 7. The monoisotopic (exact) mass is 440 g/mol. The van der Waals surface area contributed by atoms with Crippen LogP contribution in [0.2, 0.25) is 0 Å². The number of anilines is 2. The van der Waals surface area contributed by atoms with E-state index in [-0.39, 0.29) is 17.7 Å². The molecule has 8 nitrogen and oxygen atoms in total. The molecule has 3 aromatic rings. The second-order valence-corrected chi connectivity index (χ2v) is 9.15. The van der Waals surface area contributed by atoms with Crippen molar-refractivity contribution in [1.82, 2.24) is 25.1 Å². The van der Waals surface area contributed by atoms with Crippen LogP contribution in [-0.2, 0) is 11.2 Å².